The van der Waals surface area contributed by atoms with Crippen molar-refractivity contribution < 1.29 is 4.39 Å². The summed E-state index contributed by atoms with van der Waals surface area (Å²) in [6.45, 7) is 2.59. The maximum absolute atomic E-state index is 13.5. The zero-order chi connectivity index (χ0) is 13.0. The highest BCUT2D eigenvalue weighted by Gasteiger charge is 2.08. The summed E-state index contributed by atoms with van der Waals surface area (Å²) in [5, 5.41) is 20.6. The summed E-state index contributed by atoms with van der Waals surface area (Å²) in [4.78, 5) is 0. The minimum Gasteiger partial charge on any atom is -0.221 e. The summed E-state index contributed by atoms with van der Waals surface area (Å²) >= 11 is 1.34. The molecule has 2 aromatic rings. The van der Waals surface area contributed by atoms with E-state index >= 15 is 0 Å². The van der Waals surface area contributed by atoms with E-state index in [9.17, 15) is 4.39 Å². The number of nitriles is 1. The van der Waals surface area contributed by atoms with Crippen molar-refractivity contribution in [1.29, 1.82) is 5.26 Å². The molecule has 0 saturated heterocycles. The summed E-state index contributed by atoms with van der Waals surface area (Å²) < 4.78 is 15.2. The summed E-state index contributed by atoms with van der Waals surface area (Å²) in [5.74, 6) is 0.0684. The predicted octanol–water partition coefficient (Wildman–Crippen LogP) is 2.00. The zero-order valence-corrected chi connectivity index (χ0v) is 10.5. The summed E-state index contributed by atoms with van der Waals surface area (Å²) in [7, 11) is 0. The van der Waals surface area contributed by atoms with Crippen LogP contribution in [0.3, 0.4) is 0 Å². The average Bonchev–Trinajstić information content (AvgIpc) is 2.85. The molecule has 0 unspecified atom stereocenters. The zero-order valence-electron chi connectivity index (χ0n) is 9.67. The first-order valence-corrected chi connectivity index (χ1v) is 6.30. The first kappa shape index (κ1) is 12.5. The molecule has 0 aliphatic rings. The highest BCUT2D eigenvalue weighted by atomic mass is 32.2. The van der Waals surface area contributed by atoms with Gasteiger partial charge in [0.1, 0.15) is 5.82 Å². The second-order valence-corrected chi connectivity index (χ2v) is 4.43. The lowest BCUT2D eigenvalue weighted by molar-refractivity contribution is 0.581. The van der Waals surface area contributed by atoms with Crippen molar-refractivity contribution >= 4 is 11.8 Å². The Bertz CT molecular complexity index is 589. The fourth-order valence-corrected chi connectivity index (χ4v) is 2.31. The van der Waals surface area contributed by atoms with E-state index in [4.69, 9.17) is 5.26 Å². The molecule has 1 aromatic carbocycles. The molecule has 0 amide bonds. The van der Waals surface area contributed by atoms with Crippen molar-refractivity contribution in [3.8, 4) is 6.07 Å². The van der Waals surface area contributed by atoms with Crippen LogP contribution < -0.4 is 0 Å². The Balaban J connectivity index is 2.13. The highest BCUT2D eigenvalue weighted by Crippen LogP contribution is 2.22. The molecule has 0 atom stereocenters. The van der Waals surface area contributed by atoms with Gasteiger partial charge in [0.15, 0.2) is 0 Å². The van der Waals surface area contributed by atoms with Gasteiger partial charge in [-0.25, -0.2) is 9.07 Å². The van der Waals surface area contributed by atoms with E-state index in [2.05, 4.69) is 15.5 Å². The lowest BCUT2D eigenvalue weighted by Crippen LogP contribution is -1.99. The largest absolute Gasteiger partial charge is 0.221 e. The molecule has 0 aliphatic heterocycles. The molecule has 5 nitrogen and oxygen atoms in total. The number of thioether (sulfide) groups is 1. The van der Waals surface area contributed by atoms with Crippen LogP contribution in [0.4, 0.5) is 4.39 Å². The van der Waals surface area contributed by atoms with E-state index in [1.54, 1.807) is 10.7 Å². The van der Waals surface area contributed by atoms with Crippen molar-refractivity contribution in [3.05, 3.63) is 35.1 Å². The topological polar surface area (TPSA) is 67.4 Å². The van der Waals surface area contributed by atoms with E-state index in [-0.39, 0.29) is 5.82 Å². The third-order valence-electron chi connectivity index (χ3n) is 2.33. The standard InChI is InChI=1S/C11H10FN5S/c1-2-17-11(14-15-16-17)18-7-9-5-8(6-13)3-4-10(9)12/h3-5H,2,7H2,1H3. The van der Waals surface area contributed by atoms with Crippen molar-refractivity contribution in [2.24, 2.45) is 0 Å². The van der Waals surface area contributed by atoms with Gasteiger partial charge in [0.25, 0.3) is 0 Å². The lowest BCUT2D eigenvalue weighted by Gasteiger charge is -2.03. The molecule has 7 heteroatoms. The average molecular weight is 263 g/mol. The van der Waals surface area contributed by atoms with Gasteiger partial charge in [0, 0.05) is 12.3 Å². The van der Waals surface area contributed by atoms with Gasteiger partial charge in [0.05, 0.1) is 11.6 Å². The lowest BCUT2D eigenvalue weighted by atomic mass is 10.1. The first-order chi connectivity index (χ1) is 8.74. The Labute approximate surface area is 108 Å². The normalized spacial score (nSPS) is 10.3. The number of hydrogen-bond acceptors (Lipinski definition) is 5. The van der Waals surface area contributed by atoms with Crippen LogP contribution >= 0.6 is 11.8 Å². The molecule has 0 radical (unpaired) electrons. The monoisotopic (exact) mass is 263 g/mol. The molecular formula is C11H10FN5S. The number of halogens is 1. The molecule has 0 N–H and O–H groups in total. The molecule has 1 heterocycles. The van der Waals surface area contributed by atoms with Gasteiger partial charge < -0.3 is 0 Å². The van der Waals surface area contributed by atoms with E-state index in [1.807, 2.05) is 13.0 Å². The molecule has 92 valence electrons. The fraction of sp³-hybridized carbons (Fsp3) is 0.273. The van der Waals surface area contributed by atoms with Crippen LogP contribution in [0.15, 0.2) is 23.4 Å². The highest BCUT2D eigenvalue weighted by molar-refractivity contribution is 7.98. The van der Waals surface area contributed by atoms with E-state index in [0.29, 0.717) is 28.6 Å². The summed E-state index contributed by atoms with van der Waals surface area (Å²) in [5.41, 5.74) is 0.923. The van der Waals surface area contributed by atoms with E-state index in [0.717, 1.165) is 0 Å². The molecule has 0 bridgehead atoms. The van der Waals surface area contributed by atoms with Crippen LogP contribution in [0.1, 0.15) is 18.1 Å². The van der Waals surface area contributed by atoms with Gasteiger partial charge in [0.2, 0.25) is 5.16 Å². The second-order valence-electron chi connectivity index (χ2n) is 3.48. The van der Waals surface area contributed by atoms with Crippen LogP contribution in [-0.2, 0) is 12.3 Å². The second kappa shape index (κ2) is 5.60. The Kier molecular flexibility index (Phi) is 3.89. The maximum atomic E-state index is 13.5. The first-order valence-electron chi connectivity index (χ1n) is 5.32. The van der Waals surface area contributed by atoms with Gasteiger partial charge in [-0.2, -0.15) is 5.26 Å². The SMILES string of the molecule is CCn1nnnc1SCc1cc(C#N)ccc1F. The Morgan fingerprint density at radius 2 is 2.33 bits per heavy atom. The molecule has 0 saturated carbocycles. The van der Waals surface area contributed by atoms with Crippen molar-refractivity contribution in [3.63, 3.8) is 0 Å². The molecule has 18 heavy (non-hydrogen) atoms. The third-order valence-corrected chi connectivity index (χ3v) is 3.34. The number of aryl methyl sites for hydroxylation is 1. The Morgan fingerprint density at radius 3 is 3.06 bits per heavy atom. The Morgan fingerprint density at radius 1 is 1.50 bits per heavy atom. The Hall–Kier alpha value is -1.94. The minimum absolute atomic E-state index is 0.322. The smallest absolute Gasteiger partial charge is 0.209 e. The van der Waals surface area contributed by atoms with Crippen molar-refractivity contribution in [2.45, 2.75) is 24.4 Å². The van der Waals surface area contributed by atoms with Crippen molar-refractivity contribution in [2.75, 3.05) is 0 Å². The van der Waals surface area contributed by atoms with Gasteiger partial charge in [-0.1, -0.05) is 11.8 Å². The number of aromatic nitrogens is 4. The van der Waals surface area contributed by atoms with E-state index < -0.39 is 0 Å². The van der Waals surface area contributed by atoms with Crippen LogP contribution in [-0.4, -0.2) is 20.2 Å². The molecule has 0 spiro atoms. The third kappa shape index (κ3) is 2.65. The molecule has 2 rings (SSSR count). The number of benzene rings is 1. The van der Waals surface area contributed by atoms with Gasteiger partial charge in [-0.3, -0.25) is 0 Å². The molecule has 1 aromatic heterocycles. The van der Waals surface area contributed by atoms with Crippen LogP contribution in [0.5, 0.6) is 0 Å². The molecule has 0 fully saturated rings. The number of rotatable bonds is 4. The van der Waals surface area contributed by atoms with Crippen LogP contribution in [0.2, 0.25) is 0 Å². The van der Waals surface area contributed by atoms with E-state index in [1.165, 1.54) is 23.9 Å². The number of tetrazole rings is 1. The minimum atomic E-state index is -0.322. The van der Waals surface area contributed by atoms with Crippen LogP contribution in [0, 0.1) is 17.1 Å². The van der Waals surface area contributed by atoms with Gasteiger partial charge in [-0.05, 0) is 41.1 Å². The summed E-state index contributed by atoms with van der Waals surface area (Å²) in [6, 6.07) is 6.29. The molecular weight excluding hydrogens is 253 g/mol. The number of hydrogen-bond donors (Lipinski definition) is 0. The summed E-state index contributed by atoms with van der Waals surface area (Å²) in [6.07, 6.45) is 0. The van der Waals surface area contributed by atoms with Gasteiger partial charge in [-0.15, -0.1) is 5.10 Å². The van der Waals surface area contributed by atoms with Gasteiger partial charge >= 0.3 is 0 Å². The maximum Gasteiger partial charge on any atom is 0.209 e. The number of nitrogens with zero attached hydrogens (tertiary/aromatic N) is 5. The van der Waals surface area contributed by atoms with Crippen molar-refractivity contribution in [1.82, 2.24) is 20.2 Å². The predicted molar refractivity (Wildman–Crippen MR) is 64.2 cm³/mol. The quantitative estimate of drug-likeness (QED) is 0.789. The molecule has 0 aliphatic carbocycles. The fourth-order valence-electron chi connectivity index (χ4n) is 1.40. The van der Waals surface area contributed by atoms with Crippen LogP contribution in [0.25, 0.3) is 0 Å².